The summed E-state index contributed by atoms with van der Waals surface area (Å²) in [6.07, 6.45) is 0.436. The number of ether oxygens (including phenoxy) is 1. The first-order chi connectivity index (χ1) is 7.88. The van der Waals surface area contributed by atoms with Gasteiger partial charge in [-0.25, -0.2) is 0 Å². The van der Waals surface area contributed by atoms with Crippen molar-refractivity contribution in [2.24, 2.45) is 5.41 Å². The molecule has 5 heteroatoms. The predicted molar refractivity (Wildman–Crippen MR) is 62.5 cm³/mol. The number of hydrogen-bond donors (Lipinski definition) is 0. The van der Waals surface area contributed by atoms with Gasteiger partial charge in [-0.15, -0.1) is 0 Å². The molecule has 0 aliphatic rings. The highest BCUT2D eigenvalue weighted by Gasteiger charge is 2.30. The van der Waals surface area contributed by atoms with Gasteiger partial charge in [0, 0.05) is 13.5 Å². The summed E-state index contributed by atoms with van der Waals surface area (Å²) >= 11 is 0. The summed E-state index contributed by atoms with van der Waals surface area (Å²) in [4.78, 5) is 15.5. The minimum atomic E-state index is -0.239. The zero-order valence-corrected chi connectivity index (χ0v) is 11.1. The van der Waals surface area contributed by atoms with Gasteiger partial charge in [0.1, 0.15) is 11.9 Å². The molecule has 1 aromatic heterocycles. The maximum absolute atomic E-state index is 11.3. The van der Waals surface area contributed by atoms with Crippen molar-refractivity contribution in [2.45, 2.75) is 46.6 Å². The third kappa shape index (κ3) is 3.63. The Morgan fingerprint density at radius 1 is 1.47 bits per heavy atom. The van der Waals surface area contributed by atoms with E-state index in [9.17, 15) is 4.79 Å². The van der Waals surface area contributed by atoms with Crippen molar-refractivity contribution in [3.05, 3.63) is 11.7 Å². The van der Waals surface area contributed by atoms with E-state index in [2.05, 4.69) is 10.1 Å². The van der Waals surface area contributed by atoms with E-state index < -0.39 is 0 Å². The molecule has 1 atom stereocenters. The number of rotatable bonds is 5. The molecule has 0 amide bonds. The van der Waals surface area contributed by atoms with E-state index in [4.69, 9.17) is 9.26 Å². The van der Waals surface area contributed by atoms with Crippen LogP contribution in [0.1, 0.15) is 51.9 Å². The van der Waals surface area contributed by atoms with Crippen molar-refractivity contribution in [3.63, 3.8) is 0 Å². The van der Waals surface area contributed by atoms with Crippen LogP contribution in [0, 0.1) is 5.41 Å². The minimum Gasteiger partial charge on any atom is -0.373 e. The summed E-state index contributed by atoms with van der Waals surface area (Å²) in [5.74, 6) is 0.946. The van der Waals surface area contributed by atoms with Crippen molar-refractivity contribution < 1.29 is 14.1 Å². The zero-order valence-electron chi connectivity index (χ0n) is 11.1. The van der Waals surface area contributed by atoms with E-state index in [1.165, 1.54) is 0 Å². The van der Waals surface area contributed by atoms with Crippen LogP contribution in [0.2, 0.25) is 0 Å². The number of Topliss-reactive ketones (excluding diaryl/α,β-unsaturated/α-hetero) is 1. The van der Waals surface area contributed by atoms with Gasteiger partial charge in [0.25, 0.3) is 0 Å². The second kappa shape index (κ2) is 5.40. The van der Waals surface area contributed by atoms with Crippen LogP contribution in [0.15, 0.2) is 4.52 Å². The molecule has 0 saturated carbocycles. The molecule has 0 fully saturated rings. The van der Waals surface area contributed by atoms with Crippen molar-refractivity contribution in [3.8, 4) is 0 Å². The maximum atomic E-state index is 11.3. The predicted octanol–water partition coefficient (Wildman–Crippen LogP) is 2.32. The van der Waals surface area contributed by atoms with Gasteiger partial charge in [-0.3, -0.25) is 4.79 Å². The first kappa shape index (κ1) is 13.8. The number of nitrogens with zero attached hydrogens (tertiary/aromatic N) is 2. The molecule has 1 unspecified atom stereocenters. The highest BCUT2D eigenvalue weighted by molar-refractivity contribution is 5.79. The van der Waals surface area contributed by atoms with Gasteiger partial charge in [-0.05, 0) is 5.41 Å². The van der Waals surface area contributed by atoms with Gasteiger partial charge in [0.2, 0.25) is 11.7 Å². The van der Waals surface area contributed by atoms with Crippen molar-refractivity contribution >= 4 is 5.78 Å². The van der Waals surface area contributed by atoms with Gasteiger partial charge < -0.3 is 9.26 Å². The van der Waals surface area contributed by atoms with E-state index >= 15 is 0 Å². The molecule has 0 aliphatic heterocycles. The molecule has 0 bridgehead atoms. The first-order valence-corrected chi connectivity index (χ1v) is 5.75. The molecule has 1 heterocycles. The standard InChI is InChI=1S/C12H20N2O3/c1-6-8(15)7-9-13-11(14-17-9)10(16-5)12(2,3)4/h10H,6-7H2,1-5H3. The molecule has 0 spiro atoms. The van der Waals surface area contributed by atoms with Gasteiger partial charge in [-0.2, -0.15) is 4.98 Å². The highest BCUT2D eigenvalue weighted by atomic mass is 16.5. The Hall–Kier alpha value is -1.23. The van der Waals surface area contributed by atoms with Gasteiger partial charge in [0.05, 0.1) is 6.42 Å². The summed E-state index contributed by atoms with van der Waals surface area (Å²) in [5, 5.41) is 3.88. The molecule has 0 N–H and O–H groups in total. The second-order valence-corrected chi connectivity index (χ2v) is 5.10. The SMILES string of the molecule is CCC(=O)Cc1nc(C(OC)C(C)(C)C)no1. The Labute approximate surface area is 102 Å². The lowest BCUT2D eigenvalue weighted by molar-refractivity contribution is -0.118. The normalized spacial score (nSPS) is 13.7. The zero-order chi connectivity index (χ0) is 13.1. The molecule has 0 saturated heterocycles. The fourth-order valence-corrected chi connectivity index (χ4v) is 1.59. The van der Waals surface area contributed by atoms with Crippen molar-refractivity contribution in [2.75, 3.05) is 7.11 Å². The Morgan fingerprint density at radius 2 is 2.12 bits per heavy atom. The van der Waals surface area contributed by atoms with Gasteiger partial charge in [0.15, 0.2) is 0 Å². The molecule has 5 nitrogen and oxygen atoms in total. The lowest BCUT2D eigenvalue weighted by Crippen LogP contribution is -2.21. The third-order valence-electron chi connectivity index (χ3n) is 2.48. The summed E-state index contributed by atoms with van der Waals surface area (Å²) < 4.78 is 10.4. The molecular formula is C12H20N2O3. The minimum absolute atomic E-state index is 0.0879. The number of hydrogen-bond acceptors (Lipinski definition) is 5. The number of methoxy groups -OCH3 is 1. The lowest BCUT2D eigenvalue weighted by Gasteiger charge is -2.26. The van der Waals surface area contributed by atoms with Crippen LogP contribution in [-0.4, -0.2) is 23.0 Å². The lowest BCUT2D eigenvalue weighted by atomic mass is 9.88. The summed E-state index contributed by atoms with van der Waals surface area (Å²) in [6.45, 7) is 7.92. The molecule has 1 rings (SSSR count). The summed E-state index contributed by atoms with van der Waals surface area (Å²) in [7, 11) is 1.61. The Morgan fingerprint density at radius 3 is 2.59 bits per heavy atom. The fraction of sp³-hybridized carbons (Fsp3) is 0.750. The summed E-state index contributed by atoms with van der Waals surface area (Å²) in [6, 6.07) is 0. The monoisotopic (exact) mass is 240 g/mol. The average molecular weight is 240 g/mol. The van der Waals surface area contributed by atoms with Crippen LogP contribution in [0.5, 0.6) is 0 Å². The van der Waals surface area contributed by atoms with Crippen LogP contribution < -0.4 is 0 Å². The van der Waals surface area contributed by atoms with Crippen molar-refractivity contribution in [1.82, 2.24) is 10.1 Å². The molecule has 1 aromatic rings. The molecule has 0 aromatic carbocycles. The molecule has 17 heavy (non-hydrogen) atoms. The highest BCUT2D eigenvalue weighted by Crippen LogP contribution is 2.33. The Kier molecular flexibility index (Phi) is 4.40. The number of aromatic nitrogens is 2. The number of ketones is 1. The Balaban J connectivity index is 2.82. The number of carbonyl (C=O) groups is 1. The van der Waals surface area contributed by atoms with Crippen LogP contribution in [0.25, 0.3) is 0 Å². The van der Waals surface area contributed by atoms with E-state index in [1.54, 1.807) is 7.11 Å². The second-order valence-electron chi connectivity index (χ2n) is 5.10. The van der Waals surface area contributed by atoms with Crippen LogP contribution in [0.4, 0.5) is 0 Å². The van der Waals surface area contributed by atoms with Gasteiger partial charge >= 0.3 is 0 Å². The maximum Gasteiger partial charge on any atom is 0.234 e. The molecule has 0 radical (unpaired) electrons. The van der Waals surface area contributed by atoms with E-state index in [-0.39, 0.29) is 23.7 Å². The number of carbonyl (C=O) groups excluding carboxylic acids is 1. The topological polar surface area (TPSA) is 65.2 Å². The fourth-order valence-electron chi connectivity index (χ4n) is 1.59. The molecule has 0 aliphatic carbocycles. The van der Waals surface area contributed by atoms with Crippen LogP contribution >= 0.6 is 0 Å². The van der Waals surface area contributed by atoms with Crippen molar-refractivity contribution in [1.29, 1.82) is 0 Å². The average Bonchev–Trinajstić information content (AvgIpc) is 2.65. The quantitative estimate of drug-likeness (QED) is 0.790. The van der Waals surface area contributed by atoms with E-state index in [0.29, 0.717) is 18.1 Å². The smallest absolute Gasteiger partial charge is 0.234 e. The largest absolute Gasteiger partial charge is 0.373 e. The van der Waals surface area contributed by atoms with E-state index in [1.807, 2.05) is 27.7 Å². The van der Waals surface area contributed by atoms with Crippen LogP contribution in [-0.2, 0) is 16.0 Å². The van der Waals surface area contributed by atoms with E-state index in [0.717, 1.165) is 0 Å². The summed E-state index contributed by atoms with van der Waals surface area (Å²) in [5.41, 5.74) is -0.120. The molecular weight excluding hydrogens is 220 g/mol. The third-order valence-corrected chi connectivity index (χ3v) is 2.48. The first-order valence-electron chi connectivity index (χ1n) is 5.75. The van der Waals surface area contributed by atoms with Crippen LogP contribution in [0.3, 0.4) is 0 Å². The molecule has 96 valence electrons. The Bertz CT molecular complexity index is 379. The van der Waals surface area contributed by atoms with Gasteiger partial charge in [-0.1, -0.05) is 32.9 Å².